The average molecular weight is 299 g/mol. The summed E-state index contributed by atoms with van der Waals surface area (Å²) < 4.78 is 18.2. The van der Waals surface area contributed by atoms with Gasteiger partial charge in [-0.15, -0.1) is 0 Å². The quantitative estimate of drug-likeness (QED) is 0.504. The number of hydrogen-bond donors (Lipinski definition) is 0. The second kappa shape index (κ2) is 8.66. The molecule has 1 aromatic rings. The molecule has 1 unspecified atom stereocenters. The molecule has 4 heteroatoms. The predicted octanol–water partition coefficient (Wildman–Crippen LogP) is 4.21. The molecule has 0 radical (unpaired) electrons. The minimum absolute atomic E-state index is 0.700. The summed E-state index contributed by atoms with van der Waals surface area (Å²) in [6.45, 7) is 7.48. The molecule has 1 atom stereocenters. The molecule has 0 heterocycles. The minimum atomic E-state index is -1.47. The van der Waals surface area contributed by atoms with Crippen LogP contribution >= 0.6 is 0 Å². The van der Waals surface area contributed by atoms with Crippen LogP contribution in [0.2, 0.25) is 18.1 Å². The smallest absolute Gasteiger partial charge is 0.191 e. The molecule has 0 spiro atoms. The monoisotopic (exact) mass is 298 g/mol. The summed E-state index contributed by atoms with van der Waals surface area (Å²) in [7, 11) is -2.35. The van der Waals surface area contributed by atoms with Gasteiger partial charge in [-0.1, -0.05) is 39.0 Å². The van der Waals surface area contributed by atoms with Crippen molar-refractivity contribution in [3.05, 3.63) is 30.3 Å². The molecular weight excluding hydrogens is 272 g/mol. The van der Waals surface area contributed by atoms with E-state index in [1.165, 1.54) is 18.1 Å². The van der Waals surface area contributed by atoms with E-state index >= 15 is 0 Å². The van der Waals surface area contributed by atoms with Gasteiger partial charge in [0.15, 0.2) is 8.32 Å². The third-order valence-electron chi connectivity index (χ3n) is 3.82. The lowest BCUT2D eigenvalue weighted by atomic mass is 10.4. The van der Waals surface area contributed by atoms with Gasteiger partial charge in [-0.05, 0) is 36.7 Å². The van der Waals surface area contributed by atoms with Crippen molar-refractivity contribution in [1.29, 1.82) is 0 Å². The van der Waals surface area contributed by atoms with Crippen LogP contribution in [-0.4, -0.2) is 24.9 Å². The van der Waals surface area contributed by atoms with Crippen LogP contribution in [0.5, 0.6) is 0 Å². The van der Waals surface area contributed by atoms with E-state index in [1.54, 1.807) is 0 Å². The highest BCUT2D eigenvalue weighted by molar-refractivity contribution is 7.85. The molecular formula is C15H26O2SSi. The largest absolute Gasteiger partial charge is 0.417 e. The SMILES string of the molecule is CC[Si](CC)(CC)OCCCS(=O)c1ccccc1. The molecule has 108 valence electrons. The van der Waals surface area contributed by atoms with Gasteiger partial charge in [0.1, 0.15) is 0 Å². The normalized spacial score (nSPS) is 13.4. The van der Waals surface area contributed by atoms with Gasteiger partial charge in [0.05, 0.1) is 10.8 Å². The Morgan fingerprint density at radius 2 is 1.63 bits per heavy atom. The lowest BCUT2D eigenvalue weighted by Gasteiger charge is -2.27. The highest BCUT2D eigenvalue weighted by Crippen LogP contribution is 2.21. The first-order valence-corrected chi connectivity index (χ1v) is 11.1. The summed E-state index contributed by atoms with van der Waals surface area (Å²) in [5.74, 6) is 0.700. The van der Waals surface area contributed by atoms with Gasteiger partial charge in [0.25, 0.3) is 0 Å². The maximum absolute atomic E-state index is 12.0. The van der Waals surface area contributed by atoms with E-state index in [2.05, 4.69) is 20.8 Å². The third kappa shape index (κ3) is 5.20. The van der Waals surface area contributed by atoms with Crippen molar-refractivity contribution in [1.82, 2.24) is 0 Å². The van der Waals surface area contributed by atoms with Crippen LogP contribution in [-0.2, 0) is 15.2 Å². The first-order chi connectivity index (χ1) is 9.17. The van der Waals surface area contributed by atoms with Crippen LogP contribution in [0.25, 0.3) is 0 Å². The second-order valence-electron chi connectivity index (χ2n) is 4.81. The van der Waals surface area contributed by atoms with E-state index in [4.69, 9.17) is 4.43 Å². The van der Waals surface area contributed by atoms with E-state index in [0.29, 0.717) is 5.75 Å². The van der Waals surface area contributed by atoms with Gasteiger partial charge in [0, 0.05) is 17.3 Å². The molecule has 0 saturated heterocycles. The van der Waals surface area contributed by atoms with Gasteiger partial charge < -0.3 is 4.43 Å². The third-order valence-corrected chi connectivity index (χ3v) is 9.96. The fraction of sp³-hybridized carbons (Fsp3) is 0.600. The van der Waals surface area contributed by atoms with Crippen LogP contribution in [0.1, 0.15) is 27.2 Å². The van der Waals surface area contributed by atoms with Crippen LogP contribution in [0.4, 0.5) is 0 Å². The van der Waals surface area contributed by atoms with Crippen molar-refractivity contribution in [2.45, 2.75) is 50.2 Å². The molecule has 0 N–H and O–H groups in total. The molecule has 0 aliphatic carbocycles. The van der Waals surface area contributed by atoms with Crippen molar-refractivity contribution >= 4 is 19.1 Å². The zero-order chi connectivity index (χ0) is 14.1. The van der Waals surface area contributed by atoms with Gasteiger partial charge in [-0.25, -0.2) is 0 Å². The second-order valence-corrected chi connectivity index (χ2v) is 11.2. The highest BCUT2D eigenvalue weighted by Gasteiger charge is 2.28. The molecule has 0 aliphatic rings. The van der Waals surface area contributed by atoms with Gasteiger partial charge in [-0.3, -0.25) is 4.21 Å². The zero-order valence-corrected chi connectivity index (χ0v) is 14.2. The zero-order valence-electron chi connectivity index (χ0n) is 12.4. The molecule has 0 bridgehead atoms. The Hall–Kier alpha value is -0.453. The van der Waals surface area contributed by atoms with Gasteiger partial charge in [-0.2, -0.15) is 0 Å². The van der Waals surface area contributed by atoms with Gasteiger partial charge in [0.2, 0.25) is 0 Å². The lowest BCUT2D eigenvalue weighted by Crippen LogP contribution is -2.36. The van der Waals surface area contributed by atoms with Crippen molar-refractivity contribution in [3.63, 3.8) is 0 Å². The molecule has 0 amide bonds. The van der Waals surface area contributed by atoms with Crippen molar-refractivity contribution in [3.8, 4) is 0 Å². The van der Waals surface area contributed by atoms with E-state index < -0.39 is 19.1 Å². The fourth-order valence-corrected chi connectivity index (χ4v) is 5.99. The molecule has 1 rings (SSSR count). The van der Waals surface area contributed by atoms with E-state index in [-0.39, 0.29) is 0 Å². The Morgan fingerprint density at radius 1 is 1.05 bits per heavy atom. The minimum Gasteiger partial charge on any atom is -0.417 e. The lowest BCUT2D eigenvalue weighted by molar-refractivity contribution is 0.300. The summed E-state index contributed by atoms with van der Waals surface area (Å²) in [6.07, 6.45) is 0.885. The maximum atomic E-state index is 12.0. The number of benzene rings is 1. The van der Waals surface area contributed by atoms with Crippen LogP contribution in [0, 0.1) is 0 Å². The summed E-state index contributed by atoms with van der Waals surface area (Å²) in [5.41, 5.74) is 0. The molecule has 0 aromatic heterocycles. The molecule has 0 fully saturated rings. The fourth-order valence-electron chi connectivity index (χ4n) is 2.23. The summed E-state index contributed by atoms with van der Waals surface area (Å²) in [5, 5.41) is 0. The van der Waals surface area contributed by atoms with E-state index in [9.17, 15) is 4.21 Å². The van der Waals surface area contributed by atoms with Crippen LogP contribution in [0.3, 0.4) is 0 Å². The van der Waals surface area contributed by atoms with E-state index in [1.807, 2.05) is 30.3 Å². The summed E-state index contributed by atoms with van der Waals surface area (Å²) >= 11 is 0. The molecule has 0 aliphatic heterocycles. The molecule has 2 nitrogen and oxygen atoms in total. The number of hydrogen-bond acceptors (Lipinski definition) is 2. The Morgan fingerprint density at radius 3 is 2.16 bits per heavy atom. The molecule has 1 aromatic carbocycles. The summed E-state index contributed by atoms with van der Waals surface area (Å²) in [6, 6.07) is 13.2. The Kier molecular flexibility index (Phi) is 7.57. The maximum Gasteiger partial charge on any atom is 0.191 e. The van der Waals surface area contributed by atoms with Crippen molar-refractivity contribution in [2.24, 2.45) is 0 Å². The van der Waals surface area contributed by atoms with E-state index in [0.717, 1.165) is 17.9 Å². The number of rotatable bonds is 9. The first kappa shape index (κ1) is 16.6. The standard InChI is InChI=1S/C15H26O2SSi/c1-4-19(5-2,6-3)17-13-10-14-18(16)15-11-8-7-9-12-15/h7-9,11-12H,4-6,10,13-14H2,1-3H3. The van der Waals surface area contributed by atoms with Crippen molar-refractivity contribution in [2.75, 3.05) is 12.4 Å². The highest BCUT2D eigenvalue weighted by atomic mass is 32.2. The topological polar surface area (TPSA) is 26.3 Å². The van der Waals surface area contributed by atoms with Crippen molar-refractivity contribution < 1.29 is 8.63 Å². The van der Waals surface area contributed by atoms with Crippen LogP contribution in [0.15, 0.2) is 35.2 Å². The Bertz CT molecular complexity index is 369. The first-order valence-electron chi connectivity index (χ1n) is 7.24. The Balaban J connectivity index is 2.33. The average Bonchev–Trinajstić information content (AvgIpc) is 2.49. The molecule has 19 heavy (non-hydrogen) atoms. The van der Waals surface area contributed by atoms with Crippen LogP contribution < -0.4 is 0 Å². The molecule has 0 saturated carbocycles. The summed E-state index contributed by atoms with van der Waals surface area (Å²) in [4.78, 5) is 0.924. The Labute approximate surface area is 121 Å². The van der Waals surface area contributed by atoms with Gasteiger partial charge >= 0.3 is 0 Å². The predicted molar refractivity (Wildman–Crippen MR) is 85.5 cm³/mol.